The average molecular weight is 481 g/mol. The van der Waals surface area contributed by atoms with Crippen LogP contribution in [-0.2, 0) is 19.2 Å². The van der Waals surface area contributed by atoms with Crippen LogP contribution in [0.15, 0.2) is 71.8 Å². The molecule has 2 heterocycles. The summed E-state index contributed by atoms with van der Waals surface area (Å²) >= 11 is 0. The van der Waals surface area contributed by atoms with Crippen molar-refractivity contribution in [2.75, 3.05) is 9.80 Å². The zero-order valence-corrected chi connectivity index (χ0v) is 20.4. The van der Waals surface area contributed by atoms with E-state index in [2.05, 4.69) is 12.2 Å². The summed E-state index contributed by atoms with van der Waals surface area (Å²) in [5, 5.41) is 0. The van der Waals surface area contributed by atoms with Crippen LogP contribution in [0.5, 0.6) is 0 Å². The SMILES string of the molecule is CC1=CCC2C(=O)N(c3ccc(-c4ccc(N5C(=O)C6CC=C(C)CC6C5=O)cc4)cc3)C(=O)C2C1. The quantitative estimate of drug-likeness (QED) is 0.455. The Morgan fingerprint density at radius 3 is 1.22 bits per heavy atom. The van der Waals surface area contributed by atoms with Crippen LogP contribution in [0, 0.1) is 23.7 Å². The zero-order valence-electron chi connectivity index (χ0n) is 20.4. The van der Waals surface area contributed by atoms with Crippen molar-refractivity contribution < 1.29 is 19.2 Å². The Balaban J connectivity index is 1.20. The minimum atomic E-state index is -0.257. The van der Waals surface area contributed by atoms with E-state index in [1.807, 2.05) is 62.4 Å². The molecular formula is C30H28N2O4. The van der Waals surface area contributed by atoms with Gasteiger partial charge in [0, 0.05) is 0 Å². The van der Waals surface area contributed by atoms with Gasteiger partial charge < -0.3 is 0 Å². The molecule has 6 heteroatoms. The van der Waals surface area contributed by atoms with Gasteiger partial charge in [-0.05, 0) is 74.9 Å². The highest BCUT2D eigenvalue weighted by atomic mass is 16.2. The summed E-state index contributed by atoms with van der Waals surface area (Å²) in [6.07, 6.45) is 6.68. The van der Waals surface area contributed by atoms with Gasteiger partial charge in [0.05, 0.1) is 35.0 Å². The molecule has 0 saturated carbocycles. The van der Waals surface area contributed by atoms with Gasteiger partial charge in [0.15, 0.2) is 0 Å². The predicted octanol–water partition coefficient (Wildman–Crippen LogP) is 5.05. The van der Waals surface area contributed by atoms with Crippen molar-refractivity contribution in [3.63, 3.8) is 0 Å². The average Bonchev–Trinajstić information content (AvgIpc) is 3.27. The van der Waals surface area contributed by atoms with E-state index in [1.54, 1.807) is 0 Å². The first-order valence-corrected chi connectivity index (χ1v) is 12.6. The maximum absolute atomic E-state index is 13.0. The second-order valence-corrected chi connectivity index (χ2v) is 10.5. The highest BCUT2D eigenvalue weighted by Gasteiger charge is 2.49. The lowest BCUT2D eigenvalue weighted by Crippen LogP contribution is -2.30. The Morgan fingerprint density at radius 1 is 0.528 bits per heavy atom. The highest BCUT2D eigenvalue weighted by molar-refractivity contribution is 6.23. The summed E-state index contributed by atoms with van der Waals surface area (Å²) in [5.74, 6) is -1.47. The maximum atomic E-state index is 13.0. The fourth-order valence-corrected chi connectivity index (χ4v) is 6.19. The number of allylic oxidation sites excluding steroid dienone is 4. The lowest BCUT2D eigenvalue weighted by atomic mass is 9.82. The first kappa shape index (κ1) is 22.7. The Morgan fingerprint density at radius 2 is 0.861 bits per heavy atom. The van der Waals surface area contributed by atoms with E-state index in [-0.39, 0.29) is 47.3 Å². The molecule has 6 nitrogen and oxygen atoms in total. The first-order valence-electron chi connectivity index (χ1n) is 12.6. The van der Waals surface area contributed by atoms with E-state index >= 15 is 0 Å². The molecule has 2 aromatic rings. The fraction of sp³-hybridized carbons (Fsp3) is 0.333. The van der Waals surface area contributed by atoms with Crippen molar-refractivity contribution in [3.8, 4) is 11.1 Å². The summed E-state index contributed by atoms with van der Waals surface area (Å²) in [6, 6.07) is 14.8. The molecule has 4 aliphatic rings. The molecule has 0 aromatic heterocycles. The van der Waals surface area contributed by atoms with E-state index < -0.39 is 0 Å². The summed E-state index contributed by atoms with van der Waals surface area (Å²) in [4.78, 5) is 54.6. The Labute approximate surface area is 210 Å². The van der Waals surface area contributed by atoms with E-state index in [0.717, 1.165) is 11.1 Å². The van der Waals surface area contributed by atoms with Gasteiger partial charge in [-0.15, -0.1) is 0 Å². The normalized spacial score (nSPS) is 27.7. The van der Waals surface area contributed by atoms with Crippen LogP contribution in [0.1, 0.15) is 39.5 Å². The van der Waals surface area contributed by atoms with E-state index in [1.165, 1.54) is 20.9 Å². The third-order valence-electron chi connectivity index (χ3n) is 8.23. The minimum absolute atomic E-state index is 0.111. The molecular weight excluding hydrogens is 452 g/mol. The summed E-state index contributed by atoms with van der Waals surface area (Å²) in [6.45, 7) is 4.02. The minimum Gasteiger partial charge on any atom is -0.274 e. The molecule has 2 aliphatic carbocycles. The molecule has 2 fully saturated rings. The molecule has 4 unspecified atom stereocenters. The van der Waals surface area contributed by atoms with Crippen molar-refractivity contribution in [2.45, 2.75) is 39.5 Å². The molecule has 0 spiro atoms. The fourth-order valence-electron chi connectivity index (χ4n) is 6.19. The number of rotatable bonds is 3. The Kier molecular flexibility index (Phi) is 5.29. The van der Waals surface area contributed by atoms with Gasteiger partial charge in [0.2, 0.25) is 23.6 Å². The first-order chi connectivity index (χ1) is 17.3. The Hall–Kier alpha value is -3.80. The summed E-state index contributed by atoms with van der Waals surface area (Å²) < 4.78 is 0. The second kappa shape index (κ2) is 8.40. The molecule has 182 valence electrons. The molecule has 0 bridgehead atoms. The van der Waals surface area contributed by atoms with Gasteiger partial charge in [-0.2, -0.15) is 0 Å². The van der Waals surface area contributed by atoms with E-state index in [4.69, 9.17) is 0 Å². The summed E-state index contributed by atoms with van der Waals surface area (Å²) in [7, 11) is 0. The van der Waals surface area contributed by atoms with Gasteiger partial charge in [0.25, 0.3) is 0 Å². The van der Waals surface area contributed by atoms with Crippen molar-refractivity contribution in [3.05, 3.63) is 71.8 Å². The number of anilines is 2. The topological polar surface area (TPSA) is 74.8 Å². The monoisotopic (exact) mass is 480 g/mol. The lowest BCUT2D eigenvalue weighted by Gasteiger charge is -2.18. The number of imide groups is 2. The lowest BCUT2D eigenvalue weighted by molar-refractivity contribution is -0.124. The molecule has 4 amide bonds. The highest BCUT2D eigenvalue weighted by Crippen LogP contribution is 2.41. The number of carbonyl (C=O) groups excluding carboxylic acids is 4. The number of fused-ring (bicyclic) bond motifs is 2. The van der Waals surface area contributed by atoms with Gasteiger partial charge >= 0.3 is 0 Å². The molecule has 4 atom stereocenters. The number of amides is 4. The Bertz CT molecular complexity index is 1250. The predicted molar refractivity (Wildman–Crippen MR) is 137 cm³/mol. The van der Waals surface area contributed by atoms with Crippen molar-refractivity contribution in [1.29, 1.82) is 0 Å². The van der Waals surface area contributed by atoms with Gasteiger partial charge in [-0.1, -0.05) is 47.6 Å². The van der Waals surface area contributed by atoms with Gasteiger partial charge in [-0.3, -0.25) is 29.0 Å². The van der Waals surface area contributed by atoms with Crippen LogP contribution in [0.4, 0.5) is 11.4 Å². The molecule has 2 aliphatic heterocycles. The van der Waals surface area contributed by atoms with E-state index in [0.29, 0.717) is 37.1 Å². The molecule has 0 N–H and O–H groups in total. The maximum Gasteiger partial charge on any atom is 0.238 e. The third kappa shape index (κ3) is 3.47. The van der Waals surface area contributed by atoms with Crippen molar-refractivity contribution >= 4 is 35.0 Å². The van der Waals surface area contributed by atoms with Crippen LogP contribution >= 0.6 is 0 Å². The molecule has 6 rings (SSSR count). The third-order valence-corrected chi connectivity index (χ3v) is 8.23. The number of hydrogen-bond acceptors (Lipinski definition) is 4. The van der Waals surface area contributed by atoms with Crippen molar-refractivity contribution in [1.82, 2.24) is 0 Å². The molecule has 2 saturated heterocycles. The standard InChI is InChI=1S/C30H28N2O4/c1-17-3-13-23-25(15-17)29(35)31(27(23)33)21-9-5-19(6-10-21)20-7-11-22(12-8-20)32-28(34)24-14-4-18(2)16-26(24)30(32)36/h3-12,23-26H,13-16H2,1-2H3. The number of nitrogens with zero attached hydrogens (tertiary/aromatic N) is 2. The summed E-state index contributed by atoms with van der Waals surface area (Å²) in [5.41, 5.74) is 5.37. The van der Waals surface area contributed by atoms with E-state index in [9.17, 15) is 19.2 Å². The molecule has 2 aromatic carbocycles. The van der Waals surface area contributed by atoms with Crippen LogP contribution < -0.4 is 9.80 Å². The zero-order chi connectivity index (χ0) is 25.1. The largest absolute Gasteiger partial charge is 0.274 e. The number of carbonyl (C=O) groups is 4. The smallest absolute Gasteiger partial charge is 0.238 e. The van der Waals surface area contributed by atoms with Crippen LogP contribution in [0.25, 0.3) is 11.1 Å². The van der Waals surface area contributed by atoms with Crippen LogP contribution in [0.2, 0.25) is 0 Å². The van der Waals surface area contributed by atoms with Crippen molar-refractivity contribution in [2.24, 2.45) is 23.7 Å². The molecule has 36 heavy (non-hydrogen) atoms. The number of benzene rings is 2. The number of hydrogen-bond donors (Lipinski definition) is 0. The van der Waals surface area contributed by atoms with Gasteiger partial charge in [-0.25, -0.2) is 0 Å². The van der Waals surface area contributed by atoms with Crippen LogP contribution in [0.3, 0.4) is 0 Å². The molecule has 0 radical (unpaired) electrons. The van der Waals surface area contributed by atoms with Gasteiger partial charge in [0.1, 0.15) is 0 Å². The van der Waals surface area contributed by atoms with Crippen LogP contribution in [-0.4, -0.2) is 23.6 Å². The second-order valence-electron chi connectivity index (χ2n) is 10.5.